The molecule has 27 heavy (non-hydrogen) atoms. The smallest absolute Gasteiger partial charge is 0.482 e. The fourth-order valence-corrected chi connectivity index (χ4v) is 3.43. The highest BCUT2D eigenvalue weighted by molar-refractivity contribution is 6.62. The Kier molecular flexibility index (Phi) is 5.59. The third-order valence-corrected chi connectivity index (χ3v) is 5.40. The number of halogens is 3. The molecule has 0 radical (unpaired) electrons. The van der Waals surface area contributed by atoms with Gasteiger partial charge in [0.25, 0.3) is 0 Å². The van der Waals surface area contributed by atoms with Crippen molar-refractivity contribution in [2.45, 2.75) is 45.5 Å². The van der Waals surface area contributed by atoms with E-state index in [2.05, 4.69) is 4.98 Å². The van der Waals surface area contributed by atoms with Crippen LogP contribution in [0.25, 0.3) is 0 Å². The minimum absolute atomic E-state index is 0.0873. The van der Waals surface area contributed by atoms with Crippen LogP contribution in [0.15, 0.2) is 24.4 Å². The van der Waals surface area contributed by atoms with E-state index in [0.29, 0.717) is 21.8 Å². The first-order chi connectivity index (χ1) is 12.6. The number of hydrogen-bond acceptors (Lipinski definition) is 5. The van der Waals surface area contributed by atoms with Gasteiger partial charge in [0.1, 0.15) is 11.9 Å². The summed E-state index contributed by atoms with van der Waals surface area (Å²) in [6.07, 6.45) is 0.836. The summed E-state index contributed by atoms with van der Waals surface area (Å²) in [5, 5.41) is 0.213. The van der Waals surface area contributed by atoms with E-state index in [9.17, 15) is 4.39 Å². The molecule has 0 saturated carbocycles. The molecule has 0 bridgehead atoms. The maximum Gasteiger partial charge on any atom is 0.496 e. The van der Waals surface area contributed by atoms with Gasteiger partial charge in [-0.15, -0.1) is 0 Å². The minimum Gasteiger partial charge on any atom is -0.482 e. The zero-order valence-corrected chi connectivity index (χ0v) is 16.9. The number of nitrogen functional groups attached to an aromatic ring is 1. The van der Waals surface area contributed by atoms with Crippen molar-refractivity contribution in [3.8, 4) is 5.75 Å². The van der Waals surface area contributed by atoms with E-state index in [1.165, 1.54) is 12.1 Å². The van der Waals surface area contributed by atoms with Gasteiger partial charge >= 0.3 is 7.12 Å². The molecular weight excluding hydrogens is 393 g/mol. The van der Waals surface area contributed by atoms with Gasteiger partial charge < -0.3 is 19.8 Å². The fourth-order valence-electron chi connectivity index (χ4n) is 2.75. The van der Waals surface area contributed by atoms with E-state index >= 15 is 0 Å². The van der Waals surface area contributed by atoms with Crippen LogP contribution in [0.2, 0.25) is 10.0 Å². The van der Waals surface area contributed by atoms with Crippen LogP contribution >= 0.6 is 23.2 Å². The number of pyridine rings is 1. The van der Waals surface area contributed by atoms with E-state index < -0.39 is 24.6 Å². The predicted molar refractivity (Wildman–Crippen MR) is 105 cm³/mol. The van der Waals surface area contributed by atoms with Gasteiger partial charge in [0.05, 0.1) is 16.7 Å². The highest BCUT2D eigenvalue weighted by Gasteiger charge is 2.44. The normalized spacial score (nSPS) is 20.0. The molecule has 3 rings (SSSR count). The number of benzene rings is 1. The summed E-state index contributed by atoms with van der Waals surface area (Å²) in [7, 11) is -0.581. The van der Waals surface area contributed by atoms with Crippen LogP contribution in [0.3, 0.4) is 0 Å². The first-order valence-electron chi connectivity index (χ1n) is 8.49. The summed E-state index contributed by atoms with van der Waals surface area (Å²) in [6.45, 7) is 7.55. The molecule has 1 aromatic heterocycles. The summed E-state index contributed by atoms with van der Waals surface area (Å²) in [4.78, 5) is 4.16. The molecule has 1 saturated heterocycles. The number of nitrogens with two attached hydrogens (primary N) is 1. The molecule has 2 aromatic rings. The first kappa shape index (κ1) is 20.2. The van der Waals surface area contributed by atoms with E-state index in [-0.39, 0.29) is 16.9 Å². The Morgan fingerprint density at radius 1 is 1.37 bits per heavy atom. The molecule has 5 nitrogen and oxygen atoms in total. The van der Waals surface area contributed by atoms with Gasteiger partial charge in [0.2, 0.25) is 0 Å². The number of rotatable bonds is 4. The van der Waals surface area contributed by atoms with Crippen molar-refractivity contribution >= 4 is 41.6 Å². The van der Waals surface area contributed by atoms with Crippen LogP contribution in [0, 0.1) is 5.82 Å². The van der Waals surface area contributed by atoms with Crippen molar-refractivity contribution in [3.63, 3.8) is 0 Å². The summed E-state index contributed by atoms with van der Waals surface area (Å²) in [6, 6.07) is 4.33. The lowest BCUT2D eigenvalue weighted by Crippen LogP contribution is -2.35. The highest BCUT2D eigenvalue weighted by Crippen LogP contribution is 2.36. The summed E-state index contributed by atoms with van der Waals surface area (Å²) in [5.41, 5.74) is 6.52. The zero-order valence-electron chi connectivity index (χ0n) is 15.4. The molecule has 2 heterocycles. The van der Waals surface area contributed by atoms with Crippen molar-refractivity contribution in [1.29, 1.82) is 0 Å². The van der Waals surface area contributed by atoms with Gasteiger partial charge in [-0.2, -0.15) is 0 Å². The number of aromatic nitrogens is 1. The highest BCUT2D eigenvalue weighted by atomic mass is 35.5. The molecule has 1 fully saturated rings. The van der Waals surface area contributed by atoms with E-state index in [0.717, 1.165) is 0 Å². The van der Waals surface area contributed by atoms with Crippen LogP contribution in [0.1, 0.15) is 39.4 Å². The molecule has 1 aliphatic heterocycles. The maximum atomic E-state index is 13.8. The van der Waals surface area contributed by atoms with Crippen LogP contribution in [-0.2, 0) is 9.31 Å². The van der Waals surface area contributed by atoms with E-state index in [4.69, 9.17) is 43.0 Å². The lowest BCUT2D eigenvalue weighted by Gasteiger charge is -2.21. The van der Waals surface area contributed by atoms with Gasteiger partial charge in [-0.05, 0) is 45.9 Å². The number of ether oxygens (including phenoxy) is 1. The van der Waals surface area contributed by atoms with E-state index in [1.807, 2.05) is 20.8 Å². The lowest BCUT2D eigenvalue weighted by molar-refractivity contribution is 0.0842. The Hall–Kier alpha value is -1.54. The quantitative estimate of drug-likeness (QED) is 0.603. The molecule has 9 heteroatoms. The SMILES string of the molecule is CC(Oc1cc(B2OC(C)C(C)(C)O2)cnc1N)c1c(Cl)ccc(F)c1Cl. The lowest BCUT2D eigenvalue weighted by atomic mass is 9.80. The van der Waals surface area contributed by atoms with Gasteiger partial charge in [-0.3, -0.25) is 0 Å². The van der Waals surface area contributed by atoms with Crippen molar-refractivity contribution in [2.24, 2.45) is 0 Å². The average molecular weight is 413 g/mol. The first-order valence-corrected chi connectivity index (χ1v) is 9.24. The molecule has 0 spiro atoms. The molecule has 144 valence electrons. The van der Waals surface area contributed by atoms with Crippen LogP contribution in [-0.4, -0.2) is 23.8 Å². The average Bonchev–Trinajstić information content (AvgIpc) is 2.86. The van der Waals surface area contributed by atoms with E-state index in [1.54, 1.807) is 19.2 Å². The monoisotopic (exact) mass is 412 g/mol. The molecule has 2 atom stereocenters. The topological polar surface area (TPSA) is 66.6 Å². The molecular formula is C18H20BCl2FN2O3. The van der Waals surface area contributed by atoms with Crippen LogP contribution < -0.4 is 15.9 Å². The predicted octanol–water partition coefficient (Wildman–Crippen LogP) is 4.16. The third kappa shape index (κ3) is 4.01. The van der Waals surface area contributed by atoms with Gasteiger partial charge in [0, 0.05) is 22.2 Å². The number of hydrogen-bond donors (Lipinski definition) is 1. The second kappa shape index (κ2) is 7.47. The van der Waals surface area contributed by atoms with Crippen molar-refractivity contribution in [2.75, 3.05) is 5.73 Å². The fraction of sp³-hybridized carbons (Fsp3) is 0.389. The van der Waals surface area contributed by atoms with Gasteiger partial charge in [-0.1, -0.05) is 23.2 Å². The third-order valence-electron chi connectivity index (χ3n) is 4.68. The summed E-state index contributed by atoms with van der Waals surface area (Å²) >= 11 is 12.2. The second-order valence-electron chi connectivity index (χ2n) is 7.00. The molecule has 0 aliphatic carbocycles. The van der Waals surface area contributed by atoms with Crippen LogP contribution in [0.5, 0.6) is 5.75 Å². The van der Waals surface area contributed by atoms with Crippen LogP contribution in [0.4, 0.5) is 10.2 Å². The maximum absolute atomic E-state index is 13.8. The zero-order chi connectivity index (χ0) is 19.9. The molecule has 1 aromatic carbocycles. The van der Waals surface area contributed by atoms with Crippen molar-refractivity contribution < 1.29 is 18.4 Å². The standard InChI is InChI=1S/C18H20BCl2FN2O3/c1-9(15-12(20)5-6-13(22)16(15)21)25-14-7-11(8-24-17(14)23)19-26-10(2)18(3,4)27-19/h5-10H,1-4H3,(H2,23,24). The Balaban J connectivity index is 1.87. The number of nitrogens with zero attached hydrogens (tertiary/aromatic N) is 1. The molecule has 2 N–H and O–H groups in total. The molecule has 2 unspecified atom stereocenters. The van der Waals surface area contributed by atoms with Gasteiger partial charge in [0.15, 0.2) is 11.6 Å². The van der Waals surface area contributed by atoms with Crippen molar-refractivity contribution in [1.82, 2.24) is 4.98 Å². The Morgan fingerprint density at radius 3 is 2.70 bits per heavy atom. The molecule has 0 amide bonds. The number of anilines is 1. The Labute approximate surface area is 168 Å². The Morgan fingerprint density at radius 2 is 2.07 bits per heavy atom. The largest absolute Gasteiger partial charge is 0.496 e. The Bertz CT molecular complexity index is 869. The van der Waals surface area contributed by atoms with Gasteiger partial charge in [-0.25, -0.2) is 9.37 Å². The second-order valence-corrected chi connectivity index (χ2v) is 7.79. The molecule has 1 aliphatic rings. The van der Waals surface area contributed by atoms with Crippen molar-refractivity contribution in [3.05, 3.63) is 45.8 Å². The minimum atomic E-state index is -0.652. The summed E-state index contributed by atoms with van der Waals surface area (Å²) in [5.74, 6) is -0.0872. The summed E-state index contributed by atoms with van der Waals surface area (Å²) < 4.78 is 31.5.